The highest BCUT2D eigenvalue weighted by atomic mass is 32.2. The Morgan fingerprint density at radius 3 is 2.85 bits per heavy atom. The molecule has 9 heteroatoms. The van der Waals surface area contributed by atoms with E-state index in [0.717, 1.165) is 22.5 Å². The maximum Gasteiger partial charge on any atom is 0.349 e. The largest absolute Gasteiger partial charge is 0.465 e. The minimum absolute atomic E-state index is 0.0470. The molecule has 3 heterocycles. The van der Waals surface area contributed by atoms with Gasteiger partial charge in [0.2, 0.25) is 10.0 Å². The summed E-state index contributed by atoms with van der Waals surface area (Å²) in [6.07, 6.45) is 4.96. The van der Waals surface area contributed by atoms with E-state index in [1.807, 2.05) is 6.07 Å². The second-order valence-corrected chi connectivity index (χ2v) is 7.87. The Balaban J connectivity index is 1.79. The Bertz CT molecular complexity index is 1020. The molecule has 0 saturated heterocycles. The summed E-state index contributed by atoms with van der Waals surface area (Å²) in [7, 11) is -2.64. The van der Waals surface area contributed by atoms with E-state index in [4.69, 9.17) is 0 Å². The van der Waals surface area contributed by atoms with Crippen molar-refractivity contribution < 1.29 is 17.9 Å². The van der Waals surface area contributed by atoms with Crippen molar-refractivity contribution in [3.05, 3.63) is 64.7 Å². The lowest BCUT2D eigenvalue weighted by atomic mass is 10.1. The number of hydrogen-bond acceptors (Lipinski definition) is 7. The molecule has 0 amide bonds. The molecule has 0 aliphatic rings. The van der Waals surface area contributed by atoms with Crippen molar-refractivity contribution in [2.45, 2.75) is 11.4 Å². The third-order valence-corrected chi connectivity index (χ3v) is 6.00. The minimum atomic E-state index is -3.85. The van der Waals surface area contributed by atoms with Gasteiger partial charge in [0.1, 0.15) is 9.77 Å². The number of aromatic nitrogens is 2. The first-order chi connectivity index (χ1) is 12.5. The molecule has 0 atom stereocenters. The van der Waals surface area contributed by atoms with Crippen LogP contribution in [0.25, 0.3) is 11.3 Å². The molecule has 0 unspecified atom stereocenters. The third kappa shape index (κ3) is 3.96. The lowest BCUT2D eigenvalue weighted by Gasteiger charge is -2.08. The lowest BCUT2D eigenvalue weighted by Crippen LogP contribution is -2.24. The number of hydrogen-bond donors (Lipinski definition) is 1. The van der Waals surface area contributed by atoms with Gasteiger partial charge in [-0.05, 0) is 41.3 Å². The first-order valence-corrected chi connectivity index (χ1v) is 9.88. The van der Waals surface area contributed by atoms with Gasteiger partial charge >= 0.3 is 5.97 Å². The van der Waals surface area contributed by atoms with Crippen LogP contribution in [0.4, 0.5) is 0 Å². The smallest absolute Gasteiger partial charge is 0.349 e. The average molecular weight is 389 g/mol. The molecule has 134 valence electrons. The van der Waals surface area contributed by atoms with E-state index in [9.17, 15) is 13.2 Å². The van der Waals surface area contributed by atoms with Crippen LogP contribution in [0, 0.1) is 0 Å². The zero-order chi connectivity index (χ0) is 18.6. The van der Waals surface area contributed by atoms with Crippen LogP contribution in [0.1, 0.15) is 15.2 Å². The number of nitrogens with zero attached hydrogens (tertiary/aromatic N) is 2. The number of pyridine rings is 2. The first kappa shape index (κ1) is 18.2. The molecule has 0 aromatic carbocycles. The molecule has 0 spiro atoms. The third-order valence-electron chi connectivity index (χ3n) is 3.54. The fraction of sp³-hybridized carbons (Fsp3) is 0.118. The molecule has 1 N–H and O–H groups in total. The summed E-state index contributed by atoms with van der Waals surface area (Å²) < 4.78 is 32.2. The fourth-order valence-electron chi connectivity index (χ4n) is 2.26. The maximum absolute atomic E-state index is 12.5. The van der Waals surface area contributed by atoms with Crippen molar-refractivity contribution in [3.8, 4) is 11.3 Å². The Labute approximate surface area is 154 Å². The van der Waals surface area contributed by atoms with Gasteiger partial charge in [0.05, 0.1) is 12.8 Å². The first-order valence-electron chi connectivity index (χ1n) is 7.52. The zero-order valence-electron chi connectivity index (χ0n) is 13.7. The number of methoxy groups -OCH3 is 1. The highest BCUT2D eigenvalue weighted by Crippen LogP contribution is 2.23. The van der Waals surface area contributed by atoms with Crippen molar-refractivity contribution >= 4 is 27.3 Å². The van der Waals surface area contributed by atoms with E-state index >= 15 is 0 Å². The van der Waals surface area contributed by atoms with Crippen LogP contribution in [0.5, 0.6) is 0 Å². The average Bonchev–Trinajstić information content (AvgIpc) is 3.18. The molecule has 26 heavy (non-hydrogen) atoms. The molecule has 0 aliphatic carbocycles. The predicted molar refractivity (Wildman–Crippen MR) is 97.2 cm³/mol. The second kappa shape index (κ2) is 7.73. The summed E-state index contributed by atoms with van der Waals surface area (Å²) >= 11 is 1.02. The summed E-state index contributed by atoms with van der Waals surface area (Å²) in [6.45, 7) is 0.0641. The van der Waals surface area contributed by atoms with Gasteiger partial charge in [-0.2, -0.15) is 0 Å². The number of carbonyl (C=O) groups is 1. The van der Waals surface area contributed by atoms with Gasteiger partial charge < -0.3 is 4.74 Å². The second-order valence-electron chi connectivity index (χ2n) is 5.22. The summed E-state index contributed by atoms with van der Waals surface area (Å²) in [5.74, 6) is -0.678. The van der Waals surface area contributed by atoms with E-state index in [2.05, 4.69) is 19.4 Å². The standard InChI is InChI=1S/C17H15N3O4S2/c1-24-17(21)16-15(5-8-25-16)26(22,23)20-10-12-4-7-19-14(9-12)13-3-2-6-18-11-13/h2-9,11,20H,10H2,1H3. The normalized spacial score (nSPS) is 11.3. The molecule has 0 saturated carbocycles. The van der Waals surface area contributed by atoms with Crippen LogP contribution in [0.3, 0.4) is 0 Å². The molecular formula is C17H15N3O4S2. The molecule has 7 nitrogen and oxygen atoms in total. The van der Waals surface area contributed by atoms with Gasteiger partial charge in [-0.1, -0.05) is 0 Å². The fourth-order valence-corrected chi connectivity index (χ4v) is 4.61. The molecule has 0 radical (unpaired) electrons. The number of nitrogens with one attached hydrogen (secondary N) is 1. The summed E-state index contributed by atoms with van der Waals surface area (Å²) in [5.41, 5.74) is 2.26. The van der Waals surface area contributed by atoms with Gasteiger partial charge in [-0.25, -0.2) is 17.9 Å². The van der Waals surface area contributed by atoms with Crippen LogP contribution in [0.15, 0.2) is 59.2 Å². The van der Waals surface area contributed by atoms with Crippen LogP contribution < -0.4 is 4.72 Å². The van der Waals surface area contributed by atoms with Gasteiger partial charge in [0.15, 0.2) is 0 Å². The van der Waals surface area contributed by atoms with Crippen LogP contribution in [0.2, 0.25) is 0 Å². The van der Waals surface area contributed by atoms with Crippen molar-refractivity contribution in [2.75, 3.05) is 7.11 Å². The van der Waals surface area contributed by atoms with Gasteiger partial charge in [0, 0.05) is 30.7 Å². The zero-order valence-corrected chi connectivity index (χ0v) is 15.4. The highest BCUT2D eigenvalue weighted by Gasteiger charge is 2.24. The van der Waals surface area contributed by atoms with Gasteiger partial charge in [-0.15, -0.1) is 11.3 Å². The Morgan fingerprint density at radius 1 is 1.27 bits per heavy atom. The molecule has 3 aromatic heterocycles. The number of thiophene rings is 1. The number of esters is 1. The number of ether oxygens (including phenoxy) is 1. The molecular weight excluding hydrogens is 374 g/mol. The van der Waals surface area contributed by atoms with Crippen molar-refractivity contribution in [2.24, 2.45) is 0 Å². The Kier molecular flexibility index (Phi) is 5.40. The van der Waals surface area contributed by atoms with Crippen LogP contribution in [-0.2, 0) is 21.3 Å². The summed E-state index contributed by atoms with van der Waals surface area (Å²) in [4.78, 5) is 20.0. The van der Waals surface area contributed by atoms with Gasteiger partial charge in [-0.3, -0.25) is 9.97 Å². The minimum Gasteiger partial charge on any atom is -0.465 e. The predicted octanol–water partition coefficient (Wildman–Crippen LogP) is 2.47. The monoisotopic (exact) mass is 389 g/mol. The SMILES string of the molecule is COC(=O)c1sccc1S(=O)(=O)NCc1ccnc(-c2cccnc2)c1. The molecule has 0 bridgehead atoms. The highest BCUT2D eigenvalue weighted by molar-refractivity contribution is 7.89. The number of sulfonamides is 1. The number of rotatable bonds is 6. The lowest BCUT2D eigenvalue weighted by molar-refractivity contribution is 0.0602. The van der Waals surface area contributed by atoms with Crippen molar-refractivity contribution in [1.29, 1.82) is 0 Å². The van der Waals surface area contributed by atoms with Crippen molar-refractivity contribution in [3.63, 3.8) is 0 Å². The van der Waals surface area contributed by atoms with E-state index in [1.54, 1.807) is 36.8 Å². The van der Waals surface area contributed by atoms with E-state index in [1.165, 1.54) is 18.6 Å². The summed E-state index contributed by atoms with van der Waals surface area (Å²) in [6, 6.07) is 8.56. The van der Waals surface area contributed by atoms with Crippen LogP contribution >= 0.6 is 11.3 Å². The molecule has 0 aliphatic heterocycles. The molecule has 3 rings (SSSR count). The van der Waals surface area contributed by atoms with Crippen molar-refractivity contribution in [1.82, 2.24) is 14.7 Å². The van der Waals surface area contributed by atoms with E-state index in [0.29, 0.717) is 5.69 Å². The topological polar surface area (TPSA) is 98.2 Å². The van der Waals surface area contributed by atoms with Gasteiger partial charge in [0.25, 0.3) is 0 Å². The molecule has 3 aromatic rings. The Hall–Kier alpha value is -2.62. The Morgan fingerprint density at radius 2 is 2.12 bits per heavy atom. The quantitative estimate of drug-likeness (QED) is 0.651. The summed E-state index contributed by atoms with van der Waals surface area (Å²) in [5, 5.41) is 1.54. The maximum atomic E-state index is 12.5. The van der Waals surface area contributed by atoms with Crippen LogP contribution in [-0.4, -0.2) is 31.5 Å². The van der Waals surface area contributed by atoms with E-state index < -0.39 is 16.0 Å². The van der Waals surface area contributed by atoms with E-state index in [-0.39, 0.29) is 16.3 Å². The number of carbonyl (C=O) groups excluding carboxylic acids is 1. The molecule has 0 fully saturated rings.